The lowest BCUT2D eigenvalue weighted by atomic mass is 10.3. The van der Waals surface area contributed by atoms with E-state index in [1.54, 1.807) is 27.4 Å². The minimum atomic E-state index is -2.58. The van der Waals surface area contributed by atoms with Crippen LogP contribution in [-0.4, -0.2) is 60.3 Å². The van der Waals surface area contributed by atoms with Gasteiger partial charge in [-0.2, -0.15) is 0 Å². The highest BCUT2D eigenvalue weighted by atomic mass is 31.2. The van der Waals surface area contributed by atoms with Crippen molar-refractivity contribution in [2.24, 2.45) is 0 Å². The average molecular weight is 474 g/mol. The van der Waals surface area contributed by atoms with E-state index in [-0.39, 0.29) is 0 Å². The van der Waals surface area contributed by atoms with Gasteiger partial charge in [-0.25, -0.2) is 0 Å². The van der Waals surface area contributed by atoms with Gasteiger partial charge in [0.2, 0.25) is 0 Å². The van der Waals surface area contributed by atoms with Gasteiger partial charge in [0, 0.05) is 33.4 Å². The maximum absolute atomic E-state index is 10.4. The Bertz CT molecular complexity index is 580. The van der Waals surface area contributed by atoms with Crippen molar-refractivity contribution < 1.29 is 23.1 Å². The molecule has 0 unspecified atom stereocenters. The summed E-state index contributed by atoms with van der Waals surface area (Å²) in [6.45, 7) is 7.39. The van der Waals surface area contributed by atoms with Crippen molar-refractivity contribution >= 4 is 21.4 Å². The maximum atomic E-state index is 10.4. The fraction of sp³-hybridized carbons (Fsp3) is 0.750. The summed E-state index contributed by atoms with van der Waals surface area (Å²) >= 11 is 0. The molecule has 1 N–H and O–H groups in total. The zero-order valence-corrected chi connectivity index (χ0v) is 22.6. The van der Waals surface area contributed by atoms with E-state index in [4.69, 9.17) is 18.0 Å². The largest absolute Gasteiger partial charge is 0.508 e. The SMILES string of the molecule is CCCC[P+](CCCC)(CCCC)c1cc(O)ccc1OCCC[Si](OC)(OC)OC. The van der Waals surface area contributed by atoms with Crippen molar-refractivity contribution in [2.75, 3.05) is 46.4 Å². The Labute approximate surface area is 192 Å². The Hall–Kier alpha value is -0.653. The lowest BCUT2D eigenvalue weighted by molar-refractivity contribution is 0.121. The van der Waals surface area contributed by atoms with Gasteiger partial charge in [0.15, 0.2) is 5.75 Å². The fourth-order valence-corrected chi connectivity index (χ4v) is 11.0. The van der Waals surface area contributed by atoms with Crippen LogP contribution in [0.4, 0.5) is 0 Å². The zero-order valence-electron chi connectivity index (χ0n) is 20.7. The number of phenolic OH excluding ortho intramolecular Hbond substituents is 1. The summed E-state index contributed by atoms with van der Waals surface area (Å²) in [7, 11) is 0.943. The van der Waals surface area contributed by atoms with Gasteiger partial charge in [0.1, 0.15) is 11.1 Å². The highest BCUT2D eigenvalue weighted by molar-refractivity contribution is 7.83. The second-order valence-electron chi connectivity index (χ2n) is 8.28. The Morgan fingerprint density at radius 3 is 1.77 bits per heavy atom. The highest BCUT2D eigenvalue weighted by Gasteiger charge is 2.41. The second kappa shape index (κ2) is 15.2. The van der Waals surface area contributed by atoms with Crippen molar-refractivity contribution in [3.8, 4) is 11.5 Å². The molecule has 0 aromatic heterocycles. The first-order valence-electron chi connectivity index (χ1n) is 11.9. The smallest absolute Gasteiger partial charge is 0.500 e. The molecule has 0 aliphatic rings. The van der Waals surface area contributed by atoms with Gasteiger partial charge in [0.25, 0.3) is 0 Å². The molecule has 0 aliphatic carbocycles. The van der Waals surface area contributed by atoms with Crippen LogP contribution >= 0.6 is 7.26 Å². The molecule has 0 spiro atoms. The molecule has 0 amide bonds. The fourth-order valence-electron chi connectivity index (χ4n) is 4.10. The van der Waals surface area contributed by atoms with Crippen LogP contribution in [0.5, 0.6) is 11.5 Å². The molecular formula is C24H46O5PSi+. The van der Waals surface area contributed by atoms with Crippen LogP contribution in [0.2, 0.25) is 6.04 Å². The van der Waals surface area contributed by atoms with Crippen molar-refractivity contribution in [3.05, 3.63) is 18.2 Å². The summed E-state index contributed by atoms with van der Waals surface area (Å²) in [5, 5.41) is 11.7. The van der Waals surface area contributed by atoms with E-state index in [9.17, 15) is 5.11 Å². The predicted octanol–water partition coefficient (Wildman–Crippen LogP) is 6.08. The van der Waals surface area contributed by atoms with Gasteiger partial charge < -0.3 is 23.1 Å². The van der Waals surface area contributed by atoms with Crippen LogP contribution in [0, 0.1) is 0 Å². The third-order valence-corrected chi connectivity index (χ3v) is 13.8. The molecule has 0 saturated heterocycles. The molecule has 1 aromatic carbocycles. The highest BCUT2D eigenvalue weighted by Crippen LogP contribution is 2.61. The number of unbranched alkanes of at least 4 members (excludes halogenated alkanes) is 3. The lowest BCUT2D eigenvalue weighted by Crippen LogP contribution is -2.42. The quantitative estimate of drug-likeness (QED) is 0.159. The normalized spacial score (nSPS) is 12.3. The van der Waals surface area contributed by atoms with Crippen molar-refractivity contribution in [1.29, 1.82) is 0 Å². The standard InChI is InChI=1S/C24H45O5PSi/c1-7-10-17-30(18-11-8-2,19-12-9-3)24-21-22(25)14-15-23(24)29-16-13-20-31(26-4,27-5)28-6/h14-15,21H,7-13,16-20H2,1-6H3/p+1. The van der Waals surface area contributed by atoms with Gasteiger partial charge >= 0.3 is 8.80 Å². The van der Waals surface area contributed by atoms with Gasteiger partial charge in [-0.05, 0) is 37.8 Å². The number of hydrogen-bond donors (Lipinski definition) is 1. The Morgan fingerprint density at radius 2 is 1.32 bits per heavy atom. The Morgan fingerprint density at radius 1 is 0.806 bits per heavy atom. The van der Waals surface area contributed by atoms with Crippen molar-refractivity contribution in [1.82, 2.24) is 0 Å². The molecule has 1 aromatic rings. The molecule has 0 bridgehead atoms. The first-order valence-corrected chi connectivity index (χ1v) is 16.2. The summed E-state index contributed by atoms with van der Waals surface area (Å²) in [6.07, 6.45) is 11.8. The van der Waals surface area contributed by atoms with Gasteiger partial charge in [-0.15, -0.1) is 0 Å². The minimum absolute atomic E-state index is 0.348. The van der Waals surface area contributed by atoms with E-state index in [1.165, 1.54) is 62.3 Å². The Balaban J connectivity index is 3.11. The number of benzene rings is 1. The van der Waals surface area contributed by atoms with Gasteiger partial charge in [-0.3, -0.25) is 0 Å². The van der Waals surface area contributed by atoms with Crippen LogP contribution in [0.15, 0.2) is 18.2 Å². The first kappa shape index (κ1) is 28.4. The molecule has 0 aliphatic heterocycles. The molecule has 0 saturated carbocycles. The molecule has 180 valence electrons. The van der Waals surface area contributed by atoms with Crippen LogP contribution in [0.3, 0.4) is 0 Å². The van der Waals surface area contributed by atoms with Crippen LogP contribution < -0.4 is 10.0 Å². The minimum Gasteiger partial charge on any atom is -0.508 e. The first-order chi connectivity index (χ1) is 15.0. The number of phenols is 1. The summed E-state index contributed by atoms with van der Waals surface area (Å²) < 4.78 is 22.9. The van der Waals surface area contributed by atoms with E-state index in [1.807, 2.05) is 12.1 Å². The monoisotopic (exact) mass is 473 g/mol. The number of hydrogen-bond acceptors (Lipinski definition) is 5. The van der Waals surface area contributed by atoms with Crippen LogP contribution in [0.1, 0.15) is 65.7 Å². The maximum Gasteiger partial charge on any atom is 0.500 e. The molecule has 0 atom stereocenters. The molecule has 0 radical (unpaired) electrons. The van der Waals surface area contributed by atoms with Crippen molar-refractivity contribution in [3.63, 3.8) is 0 Å². The zero-order chi connectivity index (χ0) is 23.2. The molecule has 0 heterocycles. The molecule has 31 heavy (non-hydrogen) atoms. The van der Waals surface area contributed by atoms with Gasteiger partial charge in [-0.1, -0.05) is 40.0 Å². The summed E-state index contributed by atoms with van der Waals surface area (Å²) in [5.74, 6) is 1.30. The van der Waals surface area contributed by atoms with E-state index < -0.39 is 16.1 Å². The predicted molar refractivity (Wildman–Crippen MR) is 136 cm³/mol. The molecule has 7 heteroatoms. The van der Waals surface area contributed by atoms with Gasteiger partial charge in [0.05, 0.1) is 32.4 Å². The number of rotatable bonds is 18. The number of aromatic hydroxyl groups is 1. The molecule has 5 nitrogen and oxygen atoms in total. The summed E-state index contributed by atoms with van der Waals surface area (Å²) in [4.78, 5) is 0. The number of ether oxygens (including phenoxy) is 1. The summed E-state index contributed by atoms with van der Waals surface area (Å²) in [5.41, 5.74) is 0. The van der Waals surface area contributed by atoms with E-state index in [2.05, 4.69) is 20.8 Å². The van der Waals surface area contributed by atoms with E-state index in [0.717, 1.165) is 12.2 Å². The second-order valence-corrected chi connectivity index (χ2v) is 15.5. The molecule has 1 rings (SSSR count). The Kier molecular flexibility index (Phi) is 13.9. The third-order valence-electron chi connectivity index (χ3n) is 6.09. The lowest BCUT2D eigenvalue weighted by Gasteiger charge is -2.29. The topological polar surface area (TPSA) is 57.2 Å². The van der Waals surface area contributed by atoms with Crippen molar-refractivity contribution in [2.45, 2.75) is 71.8 Å². The molecule has 0 fully saturated rings. The third kappa shape index (κ3) is 8.66. The van der Waals surface area contributed by atoms with Crippen LogP contribution in [-0.2, 0) is 13.3 Å². The average Bonchev–Trinajstić information content (AvgIpc) is 2.80. The van der Waals surface area contributed by atoms with E-state index >= 15 is 0 Å². The summed E-state index contributed by atoms with van der Waals surface area (Å²) in [6, 6.07) is 6.44. The van der Waals surface area contributed by atoms with E-state index in [0.29, 0.717) is 18.4 Å². The van der Waals surface area contributed by atoms with Crippen LogP contribution in [0.25, 0.3) is 0 Å². The molecular weight excluding hydrogens is 427 g/mol.